The summed E-state index contributed by atoms with van der Waals surface area (Å²) in [4.78, 5) is 37.4. The van der Waals surface area contributed by atoms with Crippen molar-refractivity contribution in [1.82, 2.24) is 0 Å². The first-order chi connectivity index (χ1) is 13.2. The smallest absolute Gasteiger partial charge is 0.307 e. The van der Waals surface area contributed by atoms with Crippen LogP contribution in [0.3, 0.4) is 0 Å². The van der Waals surface area contributed by atoms with E-state index in [9.17, 15) is 24.6 Å². The first-order valence-corrected chi connectivity index (χ1v) is 8.86. The molecule has 0 saturated heterocycles. The monoisotopic (exact) mass is 378 g/mol. The number of carbonyl (C=O) groups is 3. The van der Waals surface area contributed by atoms with Crippen molar-refractivity contribution < 1.29 is 29.3 Å². The van der Waals surface area contributed by atoms with E-state index in [1.54, 1.807) is 18.2 Å². The van der Waals surface area contributed by atoms with Crippen molar-refractivity contribution in [2.75, 3.05) is 0 Å². The highest BCUT2D eigenvalue weighted by Gasteiger charge is 2.43. The lowest BCUT2D eigenvalue weighted by Crippen LogP contribution is -2.35. The lowest BCUT2D eigenvalue weighted by atomic mass is 9.72. The topological polar surface area (TPSA) is 101 Å². The Balaban J connectivity index is 1.92. The molecule has 2 N–H and O–H groups in total. The molecule has 0 spiro atoms. The maximum absolute atomic E-state index is 13.1. The van der Waals surface area contributed by atoms with Gasteiger partial charge in [0.2, 0.25) is 0 Å². The Morgan fingerprint density at radius 2 is 1.71 bits per heavy atom. The van der Waals surface area contributed by atoms with E-state index < -0.39 is 29.4 Å². The summed E-state index contributed by atoms with van der Waals surface area (Å²) < 4.78 is 5.08. The standard InChI is InChI=1S/C22H18O6/c1-9-6-14-15(7-10(9)2)21(26)18-17(20(14)25)19(24)13-5-4-12(28-11(3)23)8-16(13)22(18)27/h5-8,19,24,27H,4H2,1-3H3. The van der Waals surface area contributed by atoms with Gasteiger partial charge in [0.15, 0.2) is 11.6 Å². The van der Waals surface area contributed by atoms with E-state index in [0.29, 0.717) is 5.57 Å². The second kappa shape index (κ2) is 6.14. The molecular formula is C22H18O6. The first kappa shape index (κ1) is 18.1. The van der Waals surface area contributed by atoms with Gasteiger partial charge in [-0.25, -0.2) is 0 Å². The molecule has 0 saturated carbocycles. The molecule has 0 bridgehead atoms. The molecule has 3 aliphatic carbocycles. The molecule has 4 rings (SSSR count). The predicted molar refractivity (Wildman–Crippen MR) is 99.8 cm³/mol. The number of hydrogen-bond acceptors (Lipinski definition) is 6. The van der Waals surface area contributed by atoms with Crippen molar-refractivity contribution >= 4 is 17.5 Å². The van der Waals surface area contributed by atoms with Crippen molar-refractivity contribution in [3.63, 3.8) is 0 Å². The van der Waals surface area contributed by atoms with Crippen LogP contribution in [0.2, 0.25) is 0 Å². The molecule has 0 fully saturated rings. The van der Waals surface area contributed by atoms with Crippen LogP contribution in [0, 0.1) is 13.8 Å². The molecule has 3 aliphatic rings. The van der Waals surface area contributed by atoms with Crippen molar-refractivity contribution in [1.29, 1.82) is 0 Å². The van der Waals surface area contributed by atoms with Crippen molar-refractivity contribution in [3.05, 3.63) is 80.3 Å². The molecule has 28 heavy (non-hydrogen) atoms. The van der Waals surface area contributed by atoms with Crippen LogP contribution in [0.25, 0.3) is 0 Å². The van der Waals surface area contributed by atoms with Gasteiger partial charge >= 0.3 is 5.97 Å². The van der Waals surface area contributed by atoms with Crippen LogP contribution < -0.4 is 0 Å². The number of benzene rings is 1. The Bertz CT molecular complexity index is 1110. The van der Waals surface area contributed by atoms with Gasteiger partial charge in [0, 0.05) is 35.6 Å². The van der Waals surface area contributed by atoms with Gasteiger partial charge in [-0.05, 0) is 48.8 Å². The van der Waals surface area contributed by atoms with E-state index in [1.807, 2.05) is 13.8 Å². The van der Waals surface area contributed by atoms with Gasteiger partial charge < -0.3 is 14.9 Å². The molecule has 6 heteroatoms. The average molecular weight is 378 g/mol. The van der Waals surface area contributed by atoms with Crippen LogP contribution in [0.1, 0.15) is 45.2 Å². The Morgan fingerprint density at radius 1 is 1.11 bits per heavy atom. The molecule has 0 aromatic heterocycles. The SMILES string of the molecule is CC(=O)OC1=CC2=C(O)C3=C(C(=O)c4cc(C)c(C)cc4C3=O)C(O)C2=CC1. The summed E-state index contributed by atoms with van der Waals surface area (Å²) in [6.07, 6.45) is 1.89. The first-order valence-electron chi connectivity index (χ1n) is 8.86. The number of hydrogen-bond donors (Lipinski definition) is 2. The van der Waals surface area contributed by atoms with E-state index in [0.717, 1.165) is 11.1 Å². The summed E-state index contributed by atoms with van der Waals surface area (Å²) in [5.74, 6) is -1.60. The van der Waals surface area contributed by atoms with E-state index in [2.05, 4.69) is 0 Å². The molecule has 1 unspecified atom stereocenters. The number of aryl methyl sites for hydroxylation is 2. The fourth-order valence-electron chi connectivity index (χ4n) is 3.84. The molecular weight excluding hydrogens is 360 g/mol. The summed E-state index contributed by atoms with van der Waals surface area (Å²) in [5, 5.41) is 21.7. The van der Waals surface area contributed by atoms with Crippen LogP contribution in [0.5, 0.6) is 0 Å². The summed E-state index contributed by atoms with van der Waals surface area (Å²) in [6.45, 7) is 4.94. The number of carbonyl (C=O) groups excluding carboxylic acids is 3. The molecule has 0 radical (unpaired) electrons. The zero-order chi connectivity index (χ0) is 20.3. The van der Waals surface area contributed by atoms with Gasteiger partial charge in [-0.15, -0.1) is 0 Å². The van der Waals surface area contributed by atoms with Crippen LogP contribution in [0.4, 0.5) is 0 Å². The minimum Gasteiger partial charge on any atom is -0.507 e. The minimum absolute atomic E-state index is 0.113. The van der Waals surface area contributed by atoms with Gasteiger partial charge in [0.1, 0.15) is 17.6 Å². The minimum atomic E-state index is -1.35. The maximum atomic E-state index is 13.1. The zero-order valence-electron chi connectivity index (χ0n) is 15.6. The van der Waals surface area contributed by atoms with Crippen LogP contribution in [-0.4, -0.2) is 33.9 Å². The fourth-order valence-corrected chi connectivity index (χ4v) is 3.84. The summed E-state index contributed by atoms with van der Waals surface area (Å²) in [7, 11) is 0. The van der Waals surface area contributed by atoms with Crippen molar-refractivity contribution in [3.8, 4) is 0 Å². The number of aliphatic hydroxyl groups is 2. The van der Waals surface area contributed by atoms with E-state index in [-0.39, 0.29) is 40.0 Å². The van der Waals surface area contributed by atoms with Crippen LogP contribution >= 0.6 is 0 Å². The molecule has 0 aliphatic heterocycles. The van der Waals surface area contributed by atoms with Crippen LogP contribution in [0.15, 0.2) is 58.1 Å². The summed E-state index contributed by atoms with van der Waals surface area (Å²) in [6, 6.07) is 3.27. The summed E-state index contributed by atoms with van der Waals surface area (Å²) in [5.41, 5.74) is 2.35. The second-order valence-corrected chi connectivity index (χ2v) is 7.16. The van der Waals surface area contributed by atoms with Gasteiger partial charge in [-0.3, -0.25) is 14.4 Å². The molecule has 1 atom stereocenters. The Kier molecular flexibility index (Phi) is 3.97. The molecule has 6 nitrogen and oxygen atoms in total. The molecule has 1 aromatic rings. The maximum Gasteiger partial charge on any atom is 0.307 e. The Morgan fingerprint density at radius 3 is 2.32 bits per heavy atom. The average Bonchev–Trinajstić information content (AvgIpc) is 2.63. The molecule has 0 amide bonds. The highest BCUT2D eigenvalue weighted by atomic mass is 16.5. The van der Waals surface area contributed by atoms with Gasteiger partial charge in [-0.1, -0.05) is 6.08 Å². The number of esters is 1. The third-order valence-electron chi connectivity index (χ3n) is 5.34. The zero-order valence-corrected chi connectivity index (χ0v) is 15.6. The molecule has 1 aromatic carbocycles. The highest BCUT2D eigenvalue weighted by Crippen LogP contribution is 2.43. The number of Topliss-reactive ketones (excluding diaryl/α,β-unsaturated/α-hetero) is 2. The van der Waals surface area contributed by atoms with Gasteiger partial charge in [0.05, 0.1) is 5.57 Å². The Hall–Kier alpha value is -3.25. The van der Waals surface area contributed by atoms with E-state index in [1.165, 1.54) is 13.0 Å². The van der Waals surface area contributed by atoms with Gasteiger partial charge in [-0.2, -0.15) is 0 Å². The fraction of sp³-hybridized carbons (Fsp3) is 0.227. The van der Waals surface area contributed by atoms with Crippen molar-refractivity contribution in [2.24, 2.45) is 0 Å². The lowest BCUT2D eigenvalue weighted by Gasteiger charge is -2.32. The largest absolute Gasteiger partial charge is 0.507 e. The number of rotatable bonds is 1. The Labute approximate surface area is 161 Å². The predicted octanol–water partition coefficient (Wildman–Crippen LogP) is 2.94. The number of ether oxygens (including phenoxy) is 1. The van der Waals surface area contributed by atoms with E-state index >= 15 is 0 Å². The molecule has 0 heterocycles. The highest BCUT2D eigenvalue weighted by molar-refractivity contribution is 6.29. The third kappa shape index (κ3) is 2.49. The van der Waals surface area contributed by atoms with Crippen molar-refractivity contribution in [2.45, 2.75) is 33.3 Å². The van der Waals surface area contributed by atoms with Gasteiger partial charge in [0.25, 0.3) is 0 Å². The number of ketones is 2. The lowest BCUT2D eigenvalue weighted by molar-refractivity contribution is -0.137. The normalized spacial score (nSPS) is 20.9. The number of allylic oxidation sites excluding steroid dienone is 3. The second-order valence-electron chi connectivity index (χ2n) is 7.16. The quantitative estimate of drug-likeness (QED) is 0.729. The molecule has 142 valence electrons. The third-order valence-corrected chi connectivity index (χ3v) is 5.34. The number of aliphatic hydroxyl groups excluding tert-OH is 2. The number of fused-ring (bicyclic) bond motifs is 2. The van der Waals surface area contributed by atoms with Crippen LogP contribution in [-0.2, 0) is 9.53 Å². The summed E-state index contributed by atoms with van der Waals surface area (Å²) >= 11 is 0. The van der Waals surface area contributed by atoms with E-state index in [4.69, 9.17) is 4.74 Å².